The van der Waals surface area contributed by atoms with Gasteiger partial charge in [-0.1, -0.05) is 0 Å². The van der Waals surface area contributed by atoms with Crippen LogP contribution in [0.5, 0.6) is 5.75 Å². The number of nitro benzene ring substituents is 1. The van der Waals surface area contributed by atoms with E-state index in [4.69, 9.17) is 4.74 Å². The molecule has 2 aliphatic rings. The third kappa shape index (κ3) is 4.03. The molecule has 130 valence electrons. The number of carbonyl (C=O) groups excluding carboxylic acids is 1. The number of hydrogen-bond donors (Lipinski definition) is 0. The van der Waals surface area contributed by atoms with Crippen molar-refractivity contribution in [3.8, 4) is 5.75 Å². The standard InChI is InChI=1S/C17H23N3O4/c21-17(13-24-16-7-5-14(6-8-16)20(22)23)19-11-3-4-15(19)12-18-9-1-2-10-18/h5-8,15H,1-4,9-13H2/t15-/m0/s1. The molecule has 1 aromatic carbocycles. The molecule has 24 heavy (non-hydrogen) atoms. The number of nitrogens with zero attached hydrogens (tertiary/aromatic N) is 3. The van der Waals surface area contributed by atoms with Gasteiger partial charge in [0, 0.05) is 31.3 Å². The van der Waals surface area contributed by atoms with E-state index >= 15 is 0 Å². The van der Waals surface area contributed by atoms with Crippen LogP contribution < -0.4 is 4.74 Å². The molecule has 0 spiro atoms. The molecular weight excluding hydrogens is 310 g/mol. The second-order valence-electron chi connectivity index (χ2n) is 6.43. The SMILES string of the molecule is O=C(COc1ccc([N+](=O)[O-])cc1)N1CCC[C@H]1CN1CCCC1. The summed E-state index contributed by atoms with van der Waals surface area (Å²) in [6.45, 7) is 4.01. The van der Waals surface area contributed by atoms with Crippen molar-refractivity contribution in [3.63, 3.8) is 0 Å². The van der Waals surface area contributed by atoms with Crippen molar-refractivity contribution >= 4 is 11.6 Å². The molecule has 0 radical (unpaired) electrons. The quantitative estimate of drug-likeness (QED) is 0.588. The van der Waals surface area contributed by atoms with E-state index < -0.39 is 4.92 Å². The summed E-state index contributed by atoms with van der Waals surface area (Å²) in [7, 11) is 0. The van der Waals surface area contributed by atoms with E-state index in [1.807, 2.05) is 4.90 Å². The van der Waals surface area contributed by atoms with E-state index in [1.54, 1.807) is 0 Å². The van der Waals surface area contributed by atoms with Crippen molar-refractivity contribution in [1.29, 1.82) is 0 Å². The van der Waals surface area contributed by atoms with Crippen LogP contribution in [-0.2, 0) is 4.79 Å². The summed E-state index contributed by atoms with van der Waals surface area (Å²) in [5.41, 5.74) is 0.0129. The maximum Gasteiger partial charge on any atom is 0.269 e. The molecule has 3 rings (SSSR count). The Hall–Kier alpha value is -2.15. The second kappa shape index (κ2) is 7.61. The van der Waals surface area contributed by atoms with Crippen LogP contribution in [0, 0.1) is 10.1 Å². The van der Waals surface area contributed by atoms with Crippen molar-refractivity contribution < 1.29 is 14.5 Å². The first-order valence-electron chi connectivity index (χ1n) is 8.52. The smallest absolute Gasteiger partial charge is 0.269 e. The number of non-ortho nitro benzene ring substituents is 1. The third-order valence-corrected chi connectivity index (χ3v) is 4.77. The average molecular weight is 333 g/mol. The molecule has 0 saturated carbocycles. The lowest BCUT2D eigenvalue weighted by Gasteiger charge is -2.28. The van der Waals surface area contributed by atoms with E-state index in [9.17, 15) is 14.9 Å². The largest absolute Gasteiger partial charge is 0.484 e. The zero-order chi connectivity index (χ0) is 16.9. The van der Waals surface area contributed by atoms with Crippen LogP contribution in [0.15, 0.2) is 24.3 Å². The van der Waals surface area contributed by atoms with Crippen molar-refractivity contribution in [2.24, 2.45) is 0 Å². The van der Waals surface area contributed by atoms with Gasteiger partial charge in [0.15, 0.2) is 6.61 Å². The topological polar surface area (TPSA) is 75.9 Å². The molecule has 0 N–H and O–H groups in total. The minimum atomic E-state index is -0.456. The van der Waals surface area contributed by atoms with E-state index in [0.29, 0.717) is 5.75 Å². The molecule has 7 nitrogen and oxygen atoms in total. The zero-order valence-corrected chi connectivity index (χ0v) is 13.7. The molecule has 0 unspecified atom stereocenters. The first kappa shape index (κ1) is 16.7. The Balaban J connectivity index is 1.50. The van der Waals surface area contributed by atoms with Crippen LogP contribution in [0.1, 0.15) is 25.7 Å². The van der Waals surface area contributed by atoms with Gasteiger partial charge in [0.2, 0.25) is 0 Å². The van der Waals surface area contributed by atoms with Crippen LogP contribution in [0.3, 0.4) is 0 Å². The highest BCUT2D eigenvalue weighted by Crippen LogP contribution is 2.21. The van der Waals surface area contributed by atoms with Crippen LogP contribution in [0.4, 0.5) is 5.69 Å². The summed E-state index contributed by atoms with van der Waals surface area (Å²) >= 11 is 0. The predicted molar refractivity (Wildman–Crippen MR) is 89.0 cm³/mol. The molecule has 2 aliphatic heterocycles. The molecule has 1 aromatic rings. The molecule has 2 heterocycles. The van der Waals surface area contributed by atoms with Gasteiger partial charge >= 0.3 is 0 Å². The highest BCUT2D eigenvalue weighted by molar-refractivity contribution is 5.78. The fourth-order valence-corrected chi connectivity index (χ4v) is 3.51. The van der Waals surface area contributed by atoms with Gasteiger partial charge in [0.1, 0.15) is 5.75 Å². The molecule has 0 aromatic heterocycles. The maximum atomic E-state index is 12.5. The normalized spacial score (nSPS) is 21.2. The third-order valence-electron chi connectivity index (χ3n) is 4.77. The minimum absolute atomic E-state index is 0.00458. The number of carbonyl (C=O) groups is 1. The highest BCUT2D eigenvalue weighted by Gasteiger charge is 2.30. The number of benzene rings is 1. The Morgan fingerprint density at radius 1 is 1.17 bits per heavy atom. The summed E-state index contributed by atoms with van der Waals surface area (Å²) in [5.74, 6) is 0.472. The second-order valence-corrected chi connectivity index (χ2v) is 6.43. The lowest BCUT2D eigenvalue weighted by molar-refractivity contribution is -0.384. The van der Waals surface area contributed by atoms with Crippen LogP contribution in [0.2, 0.25) is 0 Å². The fraction of sp³-hybridized carbons (Fsp3) is 0.588. The number of hydrogen-bond acceptors (Lipinski definition) is 5. The molecule has 2 saturated heterocycles. The van der Waals surface area contributed by atoms with Gasteiger partial charge in [-0.15, -0.1) is 0 Å². The van der Waals surface area contributed by atoms with Crippen molar-refractivity contribution in [1.82, 2.24) is 9.80 Å². The van der Waals surface area contributed by atoms with Crippen molar-refractivity contribution in [3.05, 3.63) is 34.4 Å². The van der Waals surface area contributed by atoms with Gasteiger partial charge in [-0.25, -0.2) is 0 Å². The zero-order valence-electron chi connectivity index (χ0n) is 13.7. The Bertz CT molecular complexity index is 584. The first-order chi connectivity index (χ1) is 11.6. The lowest BCUT2D eigenvalue weighted by atomic mass is 10.2. The Morgan fingerprint density at radius 3 is 2.54 bits per heavy atom. The molecule has 0 aliphatic carbocycles. The Morgan fingerprint density at radius 2 is 1.88 bits per heavy atom. The number of amides is 1. The van der Waals surface area contributed by atoms with Crippen molar-refractivity contribution in [2.75, 3.05) is 32.8 Å². The lowest BCUT2D eigenvalue weighted by Crippen LogP contribution is -2.44. The fourth-order valence-electron chi connectivity index (χ4n) is 3.51. The molecule has 7 heteroatoms. The van der Waals surface area contributed by atoms with Crippen LogP contribution in [0.25, 0.3) is 0 Å². The summed E-state index contributed by atoms with van der Waals surface area (Å²) in [6.07, 6.45) is 4.61. The molecule has 1 atom stereocenters. The molecular formula is C17H23N3O4. The maximum absolute atomic E-state index is 12.5. The number of ether oxygens (including phenoxy) is 1. The van der Waals surface area contributed by atoms with Gasteiger partial charge in [-0.3, -0.25) is 14.9 Å². The van der Waals surface area contributed by atoms with Gasteiger partial charge < -0.3 is 14.5 Å². The monoisotopic (exact) mass is 333 g/mol. The minimum Gasteiger partial charge on any atom is -0.484 e. The van der Waals surface area contributed by atoms with E-state index in [1.165, 1.54) is 37.1 Å². The van der Waals surface area contributed by atoms with Gasteiger partial charge in [0.25, 0.3) is 11.6 Å². The van der Waals surface area contributed by atoms with Gasteiger partial charge in [0.05, 0.1) is 4.92 Å². The number of nitro groups is 1. The number of rotatable bonds is 6. The van der Waals surface area contributed by atoms with Crippen molar-refractivity contribution in [2.45, 2.75) is 31.7 Å². The highest BCUT2D eigenvalue weighted by atomic mass is 16.6. The van der Waals surface area contributed by atoms with Crippen LogP contribution >= 0.6 is 0 Å². The summed E-state index contributed by atoms with van der Waals surface area (Å²) in [6, 6.07) is 6.10. The molecule has 1 amide bonds. The first-order valence-corrected chi connectivity index (χ1v) is 8.52. The average Bonchev–Trinajstić information content (AvgIpc) is 3.25. The Labute approximate surface area is 141 Å². The summed E-state index contributed by atoms with van der Waals surface area (Å²) < 4.78 is 5.51. The van der Waals surface area contributed by atoms with E-state index in [-0.39, 0.29) is 24.2 Å². The van der Waals surface area contributed by atoms with E-state index in [2.05, 4.69) is 4.90 Å². The van der Waals surface area contributed by atoms with Gasteiger partial charge in [-0.2, -0.15) is 0 Å². The summed E-state index contributed by atoms with van der Waals surface area (Å²) in [4.78, 5) is 27.0. The number of likely N-dealkylation sites (tertiary alicyclic amines) is 2. The summed E-state index contributed by atoms with van der Waals surface area (Å²) in [5, 5.41) is 10.6. The van der Waals surface area contributed by atoms with Crippen LogP contribution in [-0.4, -0.2) is 59.5 Å². The predicted octanol–water partition coefficient (Wildman–Crippen LogP) is 2.06. The van der Waals surface area contributed by atoms with E-state index in [0.717, 1.165) is 39.0 Å². The Kier molecular flexibility index (Phi) is 5.30. The molecule has 0 bridgehead atoms. The van der Waals surface area contributed by atoms with Gasteiger partial charge in [-0.05, 0) is 50.9 Å². The molecule has 2 fully saturated rings.